The molecule has 2 amide bonds. The predicted molar refractivity (Wildman–Crippen MR) is 121 cm³/mol. The van der Waals surface area contributed by atoms with E-state index in [4.69, 9.17) is 4.74 Å². The molecule has 2 fully saturated rings. The van der Waals surface area contributed by atoms with Gasteiger partial charge in [-0.1, -0.05) is 29.3 Å². The van der Waals surface area contributed by atoms with E-state index in [1.807, 2.05) is 47.9 Å². The fourth-order valence-corrected chi connectivity index (χ4v) is 5.01. The van der Waals surface area contributed by atoms with Crippen LogP contribution < -0.4 is 4.74 Å². The highest BCUT2D eigenvalue weighted by molar-refractivity contribution is 5.95. The molecule has 2 aliphatic heterocycles. The van der Waals surface area contributed by atoms with Gasteiger partial charge in [-0.2, -0.15) is 0 Å². The van der Waals surface area contributed by atoms with Crippen molar-refractivity contribution in [3.05, 3.63) is 64.7 Å². The van der Waals surface area contributed by atoms with Crippen molar-refractivity contribution in [3.63, 3.8) is 0 Å². The largest absolute Gasteiger partial charge is 0.497 e. The number of aryl methyl sites for hydroxylation is 2. The smallest absolute Gasteiger partial charge is 0.253 e. The summed E-state index contributed by atoms with van der Waals surface area (Å²) in [6.07, 6.45) is 2.72. The van der Waals surface area contributed by atoms with Gasteiger partial charge in [-0.15, -0.1) is 0 Å². The molecule has 0 spiro atoms. The highest BCUT2D eigenvalue weighted by Crippen LogP contribution is 2.31. The molecule has 4 rings (SSSR count). The summed E-state index contributed by atoms with van der Waals surface area (Å²) in [5.41, 5.74) is 4.17. The van der Waals surface area contributed by atoms with Gasteiger partial charge < -0.3 is 14.5 Å². The Bertz CT molecular complexity index is 933. The van der Waals surface area contributed by atoms with Crippen molar-refractivity contribution in [1.29, 1.82) is 0 Å². The minimum Gasteiger partial charge on any atom is -0.497 e. The first-order chi connectivity index (χ1) is 14.9. The zero-order valence-electron chi connectivity index (χ0n) is 18.8. The van der Waals surface area contributed by atoms with Gasteiger partial charge in [-0.05, 0) is 62.9 Å². The molecule has 0 aromatic heterocycles. The fraction of sp³-hybridized carbons (Fsp3) is 0.462. The van der Waals surface area contributed by atoms with Crippen LogP contribution in [0.5, 0.6) is 5.75 Å². The maximum atomic E-state index is 13.3. The molecule has 0 saturated carbocycles. The van der Waals surface area contributed by atoms with E-state index in [0.29, 0.717) is 12.5 Å². The van der Waals surface area contributed by atoms with Gasteiger partial charge in [0.05, 0.1) is 13.0 Å². The molecule has 2 heterocycles. The van der Waals surface area contributed by atoms with Crippen molar-refractivity contribution in [2.24, 2.45) is 5.92 Å². The van der Waals surface area contributed by atoms with Crippen molar-refractivity contribution in [1.82, 2.24) is 9.80 Å². The van der Waals surface area contributed by atoms with E-state index >= 15 is 0 Å². The molecule has 164 valence electrons. The van der Waals surface area contributed by atoms with Gasteiger partial charge in [0.25, 0.3) is 5.91 Å². The van der Waals surface area contributed by atoms with Gasteiger partial charge in [0, 0.05) is 37.7 Å². The summed E-state index contributed by atoms with van der Waals surface area (Å²) < 4.78 is 5.25. The van der Waals surface area contributed by atoms with Crippen molar-refractivity contribution >= 4 is 11.8 Å². The number of hydrogen-bond acceptors (Lipinski definition) is 3. The summed E-state index contributed by atoms with van der Waals surface area (Å²) >= 11 is 0. The van der Waals surface area contributed by atoms with Gasteiger partial charge in [-0.25, -0.2) is 0 Å². The number of methoxy groups -OCH3 is 1. The highest BCUT2D eigenvalue weighted by Gasteiger charge is 2.35. The van der Waals surface area contributed by atoms with E-state index in [9.17, 15) is 9.59 Å². The number of rotatable bonds is 4. The summed E-state index contributed by atoms with van der Waals surface area (Å²) in [4.78, 5) is 30.2. The van der Waals surface area contributed by atoms with Crippen molar-refractivity contribution in [2.75, 3.05) is 33.3 Å². The Morgan fingerprint density at radius 1 is 0.903 bits per heavy atom. The summed E-state index contributed by atoms with van der Waals surface area (Å²) in [7, 11) is 1.67. The number of carbonyl (C=O) groups is 2. The Hall–Kier alpha value is -2.82. The number of carbonyl (C=O) groups excluding carboxylic acids is 2. The Morgan fingerprint density at radius 2 is 1.61 bits per heavy atom. The van der Waals surface area contributed by atoms with Crippen LogP contribution in [0.25, 0.3) is 0 Å². The number of hydrogen-bond donors (Lipinski definition) is 0. The molecule has 31 heavy (non-hydrogen) atoms. The van der Waals surface area contributed by atoms with Crippen molar-refractivity contribution < 1.29 is 14.3 Å². The van der Waals surface area contributed by atoms with Gasteiger partial charge in [0.1, 0.15) is 5.75 Å². The summed E-state index contributed by atoms with van der Waals surface area (Å²) in [5.74, 6) is 1.37. The monoisotopic (exact) mass is 420 g/mol. The summed E-state index contributed by atoms with van der Waals surface area (Å²) in [5, 5.41) is 0. The van der Waals surface area contributed by atoms with Crippen LogP contribution in [0.1, 0.15) is 52.2 Å². The number of ether oxygens (including phenoxy) is 1. The lowest BCUT2D eigenvalue weighted by molar-refractivity contribution is -0.135. The highest BCUT2D eigenvalue weighted by atomic mass is 16.5. The van der Waals surface area contributed by atoms with Crippen LogP contribution in [-0.2, 0) is 4.79 Å². The topological polar surface area (TPSA) is 49.9 Å². The van der Waals surface area contributed by atoms with Gasteiger partial charge >= 0.3 is 0 Å². The number of amides is 2. The average molecular weight is 421 g/mol. The molecule has 0 N–H and O–H groups in total. The molecule has 0 aliphatic carbocycles. The molecule has 5 heteroatoms. The standard InChI is InChI=1S/C26H32N2O3/c1-18-13-19(2)15-23(14-18)26(30)27-11-4-5-22(17-27)25(29)28-12-10-21(16-28)20-6-8-24(31-3)9-7-20/h6-9,13-15,21-22H,4-5,10-12,16-17H2,1-3H3. The first kappa shape index (κ1) is 21.4. The molecule has 2 aliphatic rings. The molecule has 2 atom stereocenters. The van der Waals surface area contributed by atoms with Crippen LogP contribution >= 0.6 is 0 Å². The zero-order chi connectivity index (χ0) is 22.0. The summed E-state index contributed by atoms with van der Waals surface area (Å²) in [6.45, 7) is 6.82. The molecule has 0 radical (unpaired) electrons. The quantitative estimate of drug-likeness (QED) is 0.746. The lowest BCUT2D eigenvalue weighted by Crippen LogP contribution is -2.46. The molecule has 2 unspecified atom stereocenters. The third kappa shape index (κ3) is 4.76. The zero-order valence-corrected chi connectivity index (χ0v) is 18.8. The van der Waals surface area contributed by atoms with Crippen LogP contribution in [0.4, 0.5) is 0 Å². The maximum absolute atomic E-state index is 13.3. The van der Waals surface area contributed by atoms with Gasteiger partial charge in [-0.3, -0.25) is 9.59 Å². The van der Waals surface area contributed by atoms with E-state index in [-0.39, 0.29) is 17.7 Å². The van der Waals surface area contributed by atoms with Gasteiger partial charge in [0.2, 0.25) is 5.91 Å². The van der Waals surface area contributed by atoms with E-state index in [0.717, 1.165) is 61.3 Å². The maximum Gasteiger partial charge on any atom is 0.253 e. The van der Waals surface area contributed by atoms with Crippen molar-refractivity contribution in [3.8, 4) is 5.75 Å². The number of piperidine rings is 1. The normalized spacial score (nSPS) is 21.3. The molecular formula is C26H32N2O3. The SMILES string of the molecule is COc1ccc(C2CCN(C(=O)C3CCCN(C(=O)c4cc(C)cc(C)c4)C3)C2)cc1. The first-order valence-corrected chi connectivity index (χ1v) is 11.2. The molecule has 2 aromatic rings. The Balaban J connectivity index is 1.39. The fourth-order valence-electron chi connectivity index (χ4n) is 5.01. The minimum absolute atomic E-state index is 0.0434. The molecular weight excluding hydrogens is 388 g/mol. The number of benzene rings is 2. The van der Waals surface area contributed by atoms with Crippen LogP contribution in [0, 0.1) is 19.8 Å². The van der Waals surface area contributed by atoms with Gasteiger partial charge in [0.15, 0.2) is 0 Å². The molecule has 2 saturated heterocycles. The average Bonchev–Trinajstić information content (AvgIpc) is 3.28. The van der Waals surface area contributed by atoms with E-state index in [1.54, 1.807) is 7.11 Å². The number of nitrogens with zero attached hydrogens (tertiary/aromatic N) is 2. The van der Waals surface area contributed by atoms with E-state index in [2.05, 4.69) is 18.2 Å². The lowest BCUT2D eigenvalue weighted by Gasteiger charge is -2.34. The van der Waals surface area contributed by atoms with Crippen LogP contribution in [0.3, 0.4) is 0 Å². The Kier molecular flexibility index (Phi) is 6.30. The summed E-state index contributed by atoms with van der Waals surface area (Å²) in [6, 6.07) is 14.1. The molecule has 0 bridgehead atoms. The first-order valence-electron chi connectivity index (χ1n) is 11.2. The second-order valence-electron chi connectivity index (χ2n) is 9.01. The van der Waals surface area contributed by atoms with Crippen LogP contribution in [0.2, 0.25) is 0 Å². The van der Waals surface area contributed by atoms with E-state index in [1.165, 1.54) is 5.56 Å². The predicted octanol–water partition coefficient (Wildman–Crippen LogP) is 4.18. The minimum atomic E-state index is -0.0989. The van der Waals surface area contributed by atoms with E-state index < -0.39 is 0 Å². The van der Waals surface area contributed by atoms with Crippen LogP contribution in [-0.4, -0.2) is 54.9 Å². The third-order valence-electron chi connectivity index (χ3n) is 6.61. The van der Waals surface area contributed by atoms with Crippen molar-refractivity contribution in [2.45, 2.75) is 39.0 Å². The third-order valence-corrected chi connectivity index (χ3v) is 6.61. The number of likely N-dealkylation sites (tertiary alicyclic amines) is 2. The molecule has 2 aromatic carbocycles. The lowest BCUT2D eigenvalue weighted by atomic mass is 9.95. The Morgan fingerprint density at radius 3 is 2.29 bits per heavy atom. The second-order valence-corrected chi connectivity index (χ2v) is 9.01. The second kappa shape index (κ2) is 9.13. The molecule has 5 nitrogen and oxygen atoms in total. The Labute approximate surface area is 185 Å². The van der Waals surface area contributed by atoms with Crippen LogP contribution in [0.15, 0.2) is 42.5 Å².